The van der Waals surface area contributed by atoms with E-state index in [9.17, 15) is 24.0 Å². The number of amides is 3. The third kappa shape index (κ3) is 6.53. The number of nitrogens with two attached hydrogens (primary N) is 1. The molecular formula is C21H16Br6N4O6. The smallest absolute Gasteiger partial charge is 0.355 e. The number of nitrogens with zero attached hydrogens (tertiary/aromatic N) is 1. The molecule has 10 nitrogen and oxygen atoms in total. The topological polar surface area (TPSA) is 148 Å². The highest BCUT2D eigenvalue weighted by Gasteiger charge is 2.34. The van der Waals surface area contributed by atoms with E-state index in [1.54, 1.807) is 6.07 Å². The van der Waals surface area contributed by atoms with E-state index in [2.05, 4.69) is 101 Å². The van der Waals surface area contributed by atoms with Crippen molar-refractivity contribution in [2.45, 2.75) is 6.92 Å². The maximum Gasteiger partial charge on any atom is 0.365 e. The number of hydrogen-bond donors (Lipinski definition) is 3. The average Bonchev–Trinajstić information content (AvgIpc) is 2.81. The van der Waals surface area contributed by atoms with Gasteiger partial charge in [-0.3, -0.25) is 19.2 Å². The highest BCUT2D eigenvalue weighted by molar-refractivity contribution is 9.12. The molecule has 0 spiro atoms. The molecule has 0 saturated carbocycles. The summed E-state index contributed by atoms with van der Waals surface area (Å²) in [5.41, 5.74) is 7.11. The number of hydroxylamine groups is 1. The van der Waals surface area contributed by atoms with Crippen LogP contribution in [0.1, 0.15) is 43.6 Å². The molecule has 2 rings (SSSR count). The van der Waals surface area contributed by atoms with Crippen LogP contribution in [0, 0.1) is 0 Å². The first-order valence-corrected chi connectivity index (χ1v) is 14.6. The lowest BCUT2D eigenvalue weighted by Gasteiger charge is -2.22. The summed E-state index contributed by atoms with van der Waals surface area (Å²) in [6.45, 7) is 0.924. The summed E-state index contributed by atoms with van der Waals surface area (Å²) in [5.74, 6) is -3.42. The molecule has 0 fully saturated rings. The Morgan fingerprint density at radius 3 is 1.92 bits per heavy atom. The number of halogens is 6. The zero-order valence-corrected chi connectivity index (χ0v) is 28.5. The second-order valence-corrected chi connectivity index (χ2v) is 11.9. The van der Waals surface area contributed by atoms with E-state index < -0.39 is 30.1 Å². The second kappa shape index (κ2) is 13.3. The van der Waals surface area contributed by atoms with Gasteiger partial charge >= 0.3 is 5.97 Å². The highest BCUT2D eigenvalue weighted by atomic mass is 79.9. The number of benzene rings is 2. The standard InChI is InChI=1S/C21H16Br6N4O6/c1-6(32)31(3)18-8(23)4-7(22)10(17(18)27)19(34)11-14(24)12(20(35)29-2)16(26)13(15(11)25)21(36)37-30-9(33)5-28/h4H,5,28H2,1-3H3,(H,29,35)(H,30,33). The van der Waals surface area contributed by atoms with Gasteiger partial charge in [-0.1, -0.05) is 0 Å². The Morgan fingerprint density at radius 2 is 1.41 bits per heavy atom. The normalized spacial score (nSPS) is 10.5. The molecule has 3 amide bonds. The zero-order valence-electron chi connectivity index (χ0n) is 19.0. The van der Waals surface area contributed by atoms with Crippen molar-refractivity contribution in [3.8, 4) is 0 Å². The van der Waals surface area contributed by atoms with Crippen LogP contribution in [-0.2, 0) is 14.4 Å². The quantitative estimate of drug-likeness (QED) is 0.274. The Bertz CT molecular complexity index is 1350. The van der Waals surface area contributed by atoms with Crippen molar-refractivity contribution < 1.29 is 28.8 Å². The van der Waals surface area contributed by atoms with Crippen LogP contribution in [-0.4, -0.2) is 50.1 Å². The van der Waals surface area contributed by atoms with Gasteiger partial charge in [-0.05, 0) is 102 Å². The first-order valence-electron chi connectivity index (χ1n) is 9.80. The van der Waals surface area contributed by atoms with Gasteiger partial charge in [-0.2, -0.15) is 5.48 Å². The summed E-state index contributed by atoms with van der Waals surface area (Å²) < 4.78 is 1.12. The monoisotopic (exact) mass is 894 g/mol. The van der Waals surface area contributed by atoms with Crippen molar-refractivity contribution in [2.75, 3.05) is 25.5 Å². The minimum Gasteiger partial charge on any atom is -0.355 e. The minimum atomic E-state index is -1.09. The maximum atomic E-state index is 14.0. The number of carbonyl (C=O) groups excluding carboxylic acids is 5. The molecule has 37 heavy (non-hydrogen) atoms. The largest absolute Gasteiger partial charge is 0.365 e. The number of anilines is 1. The Balaban J connectivity index is 2.90. The van der Waals surface area contributed by atoms with E-state index in [1.807, 2.05) is 5.48 Å². The third-order valence-electron chi connectivity index (χ3n) is 4.83. The van der Waals surface area contributed by atoms with E-state index in [4.69, 9.17) is 10.6 Å². The maximum absolute atomic E-state index is 14.0. The van der Waals surface area contributed by atoms with E-state index in [0.29, 0.717) is 14.6 Å². The zero-order chi connectivity index (χ0) is 28.4. The molecule has 0 aromatic heterocycles. The third-order valence-corrected chi connectivity index (χ3v) is 9.21. The fourth-order valence-corrected chi connectivity index (χ4v) is 8.99. The molecule has 0 bridgehead atoms. The molecular weight excluding hydrogens is 884 g/mol. The molecule has 0 unspecified atom stereocenters. The van der Waals surface area contributed by atoms with E-state index in [-0.39, 0.29) is 46.1 Å². The second-order valence-electron chi connectivity index (χ2n) is 7.05. The van der Waals surface area contributed by atoms with Crippen molar-refractivity contribution in [2.24, 2.45) is 5.73 Å². The number of hydrogen-bond acceptors (Lipinski definition) is 7. The Hall–Kier alpha value is -1.17. The number of nitrogens with one attached hydrogen (secondary N) is 2. The molecule has 4 N–H and O–H groups in total. The number of ketones is 1. The Kier molecular flexibility index (Phi) is 11.5. The predicted octanol–water partition coefficient (Wildman–Crippen LogP) is 4.98. The SMILES string of the molecule is CNC(=O)c1c(Br)c(C(=O)ONC(=O)CN)c(Br)c(C(=O)c2c(Br)cc(Br)c(N(C)C(C)=O)c2Br)c1Br. The van der Waals surface area contributed by atoms with Gasteiger partial charge < -0.3 is 20.8 Å². The van der Waals surface area contributed by atoms with E-state index in [0.717, 1.165) is 0 Å². The fourth-order valence-electron chi connectivity index (χ4n) is 2.94. The van der Waals surface area contributed by atoms with Crippen LogP contribution < -0.4 is 21.4 Å². The van der Waals surface area contributed by atoms with Crippen molar-refractivity contribution >= 4 is 131 Å². The van der Waals surface area contributed by atoms with Crippen LogP contribution in [0.15, 0.2) is 32.9 Å². The first-order chi connectivity index (χ1) is 17.2. The van der Waals surface area contributed by atoms with Crippen LogP contribution in [0.2, 0.25) is 0 Å². The molecule has 0 heterocycles. The molecule has 0 saturated heterocycles. The highest BCUT2D eigenvalue weighted by Crippen LogP contribution is 2.45. The van der Waals surface area contributed by atoms with E-state index in [1.165, 1.54) is 25.9 Å². The lowest BCUT2D eigenvalue weighted by molar-refractivity contribution is -0.128. The van der Waals surface area contributed by atoms with Crippen molar-refractivity contribution in [3.05, 3.63) is 55.2 Å². The first kappa shape index (κ1) is 32.0. The van der Waals surface area contributed by atoms with Gasteiger partial charge in [-0.25, -0.2) is 4.79 Å². The molecule has 0 atom stereocenters. The number of carbonyl (C=O) groups is 5. The lowest BCUT2D eigenvalue weighted by Crippen LogP contribution is -2.33. The molecule has 16 heteroatoms. The van der Waals surface area contributed by atoms with Crippen molar-refractivity contribution in [1.82, 2.24) is 10.8 Å². The molecule has 0 aliphatic rings. The molecule has 0 radical (unpaired) electrons. The molecule has 0 aliphatic heterocycles. The average molecular weight is 900 g/mol. The fraction of sp³-hybridized carbons (Fsp3) is 0.190. The number of rotatable bonds is 6. The summed E-state index contributed by atoms with van der Waals surface area (Å²) in [6.07, 6.45) is 0. The molecule has 198 valence electrons. The minimum absolute atomic E-state index is 0.0138. The molecule has 2 aromatic carbocycles. The van der Waals surface area contributed by atoms with Crippen LogP contribution in [0.4, 0.5) is 5.69 Å². The molecule has 0 aliphatic carbocycles. The summed E-state index contributed by atoms with van der Waals surface area (Å²) in [4.78, 5) is 69.4. The van der Waals surface area contributed by atoms with Crippen LogP contribution in [0.5, 0.6) is 0 Å². The van der Waals surface area contributed by atoms with Gasteiger partial charge in [0.15, 0.2) is 5.78 Å². The van der Waals surface area contributed by atoms with Gasteiger partial charge in [0, 0.05) is 43.4 Å². The van der Waals surface area contributed by atoms with Gasteiger partial charge in [0.05, 0.1) is 39.0 Å². The van der Waals surface area contributed by atoms with Gasteiger partial charge in [0.1, 0.15) is 0 Å². The summed E-state index contributed by atoms with van der Waals surface area (Å²) in [5, 5.41) is 2.45. The van der Waals surface area contributed by atoms with Crippen molar-refractivity contribution in [3.63, 3.8) is 0 Å². The summed E-state index contributed by atoms with van der Waals surface area (Å²) >= 11 is 20.1. The van der Waals surface area contributed by atoms with Crippen LogP contribution >= 0.6 is 95.6 Å². The van der Waals surface area contributed by atoms with Crippen LogP contribution in [0.25, 0.3) is 0 Å². The lowest BCUT2D eigenvalue weighted by atomic mass is 9.97. The predicted molar refractivity (Wildman–Crippen MR) is 158 cm³/mol. The van der Waals surface area contributed by atoms with Gasteiger partial charge in [0.2, 0.25) is 5.91 Å². The summed E-state index contributed by atoms with van der Waals surface area (Å²) in [7, 11) is 2.91. The Labute approximate surface area is 261 Å². The van der Waals surface area contributed by atoms with Gasteiger partial charge in [0.25, 0.3) is 11.8 Å². The van der Waals surface area contributed by atoms with Crippen molar-refractivity contribution in [1.29, 1.82) is 0 Å². The summed E-state index contributed by atoms with van der Waals surface area (Å²) in [6, 6.07) is 1.59. The molecule has 2 aromatic rings. The van der Waals surface area contributed by atoms with Crippen LogP contribution in [0.3, 0.4) is 0 Å². The Morgan fingerprint density at radius 1 is 0.865 bits per heavy atom. The van der Waals surface area contributed by atoms with Gasteiger partial charge in [-0.15, -0.1) is 0 Å². The van der Waals surface area contributed by atoms with E-state index >= 15 is 0 Å².